The molecule has 0 amide bonds. The topological polar surface area (TPSA) is 69.6 Å². The van der Waals surface area contributed by atoms with E-state index in [2.05, 4.69) is 15.1 Å². The molecule has 2 fully saturated rings. The van der Waals surface area contributed by atoms with Gasteiger partial charge >= 0.3 is 0 Å². The number of aromatic nitrogens is 5. The quantitative estimate of drug-likeness (QED) is 0.411. The summed E-state index contributed by atoms with van der Waals surface area (Å²) in [7, 11) is 13.1. The fourth-order valence-corrected chi connectivity index (χ4v) is 4.88. The first-order valence-electron chi connectivity index (χ1n) is 11.4. The van der Waals surface area contributed by atoms with Gasteiger partial charge in [0.1, 0.15) is 11.6 Å². The maximum atomic E-state index is 13.7. The molecule has 0 unspecified atom stereocenters. The zero-order valence-electron chi connectivity index (χ0n) is 18.9. The first-order valence-corrected chi connectivity index (χ1v) is 11.4. The van der Waals surface area contributed by atoms with Gasteiger partial charge < -0.3 is 9.09 Å². The van der Waals surface area contributed by atoms with Crippen molar-refractivity contribution in [2.75, 3.05) is 0 Å². The molecular weight excluding hydrogens is 434 g/mol. The number of hydrogen-bond acceptors (Lipinski definition) is 5. The van der Waals surface area contributed by atoms with Crippen molar-refractivity contribution < 1.29 is 13.3 Å². The van der Waals surface area contributed by atoms with Crippen LogP contribution < -0.4 is 0 Å². The van der Waals surface area contributed by atoms with Crippen LogP contribution in [0.25, 0.3) is 33.3 Å². The number of rotatable bonds is 5. The molecule has 0 bridgehead atoms. The van der Waals surface area contributed by atoms with Gasteiger partial charge in [0.15, 0.2) is 0 Å². The lowest BCUT2D eigenvalue weighted by Crippen LogP contribution is -2.52. The number of aryl methyl sites for hydroxylation is 2. The third-order valence-electron chi connectivity index (χ3n) is 7.05. The molecule has 10 heteroatoms. The van der Waals surface area contributed by atoms with E-state index in [1.807, 2.05) is 19.9 Å². The average molecular weight is 455 g/mol. The Hall–Kier alpha value is -3.03. The molecule has 4 aromatic rings. The van der Waals surface area contributed by atoms with Crippen LogP contribution in [0.4, 0.5) is 8.78 Å². The van der Waals surface area contributed by atoms with E-state index >= 15 is 0 Å². The number of alkyl halides is 2. The number of nitrogens with zero attached hydrogens (tertiary/aromatic N) is 5. The molecule has 0 saturated heterocycles. The Balaban J connectivity index is 1.51. The van der Waals surface area contributed by atoms with E-state index in [-0.39, 0.29) is 12.8 Å². The molecular formula is C24H21B2F2N5O. The van der Waals surface area contributed by atoms with Crippen molar-refractivity contribution in [3.05, 3.63) is 48.1 Å². The minimum absolute atomic E-state index is 0.356. The molecule has 34 heavy (non-hydrogen) atoms. The van der Waals surface area contributed by atoms with Crippen molar-refractivity contribution in [1.29, 1.82) is 0 Å². The van der Waals surface area contributed by atoms with Gasteiger partial charge in [-0.3, -0.25) is 4.98 Å². The summed E-state index contributed by atoms with van der Waals surface area (Å²) >= 11 is 0. The summed E-state index contributed by atoms with van der Waals surface area (Å²) in [5.74, 6) is -1.39. The van der Waals surface area contributed by atoms with Crippen molar-refractivity contribution in [3.63, 3.8) is 0 Å². The molecule has 6 nitrogen and oxygen atoms in total. The fourth-order valence-electron chi connectivity index (χ4n) is 4.88. The van der Waals surface area contributed by atoms with Crippen LogP contribution in [0, 0.1) is 19.8 Å². The number of halogens is 2. The van der Waals surface area contributed by atoms with Crippen LogP contribution in [0.3, 0.4) is 0 Å². The molecule has 2 saturated carbocycles. The third kappa shape index (κ3) is 3.37. The summed E-state index contributed by atoms with van der Waals surface area (Å²) in [6, 6.07) is 1.91. The van der Waals surface area contributed by atoms with Crippen LogP contribution in [0.1, 0.15) is 48.9 Å². The van der Waals surface area contributed by atoms with Crippen molar-refractivity contribution in [1.82, 2.24) is 24.7 Å². The van der Waals surface area contributed by atoms with Gasteiger partial charge in [-0.25, -0.2) is 18.7 Å². The first kappa shape index (κ1) is 21.5. The highest BCUT2D eigenvalue weighted by atomic mass is 19.3. The number of pyridine rings is 1. The monoisotopic (exact) mass is 455 g/mol. The van der Waals surface area contributed by atoms with Gasteiger partial charge in [0.2, 0.25) is 5.92 Å². The third-order valence-corrected chi connectivity index (χ3v) is 7.05. The number of hydrogen-bond donors (Lipinski definition) is 0. The lowest BCUT2D eigenvalue weighted by atomic mass is 9.49. The molecule has 4 aromatic heterocycles. The Bertz CT molecular complexity index is 1380. The van der Waals surface area contributed by atoms with E-state index in [4.69, 9.17) is 25.2 Å². The first-order chi connectivity index (χ1) is 16.1. The van der Waals surface area contributed by atoms with Gasteiger partial charge in [-0.05, 0) is 44.0 Å². The van der Waals surface area contributed by atoms with Gasteiger partial charge in [0, 0.05) is 65.8 Å². The second-order valence-corrected chi connectivity index (χ2v) is 9.66. The van der Waals surface area contributed by atoms with Crippen LogP contribution in [-0.2, 0) is 5.34 Å². The van der Waals surface area contributed by atoms with E-state index in [0.717, 1.165) is 46.6 Å². The predicted molar refractivity (Wildman–Crippen MR) is 125 cm³/mol. The molecule has 0 spiro atoms. The largest absolute Gasteiger partial charge is 0.361 e. The molecule has 0 aromatic carbocycles. The molecule has 168 valence electrons. The van der Waals surface area contributed by atoms with Gasteiger partial charge in [0.25, 0.3) is 0 Å². The summed E-state index contributed by atoms with van der Waals surface area (Å²) in [6.45, 7) is 3.68. The molecule has 2 aliphatic rings. The smallest absolute Gasteiger partial charge is 0.248 e. The highest BCUT2D eigenvalue weighted by molar-refractivity contribution is 6.38. The Kier molecular flexibility index (Phi) is 4.57. The molecule has 0 aliphatic heterocycles. The van der Waals surface area contributed by atoms with Gasteiger partial charge in [0.05, 0.1) is 32.4 Å². The van der Waals surface area contributed by atoms with Gasteiger partial charge in [-0.2, -0.15) is 0 Å². The summed E-state index contributed by atoms with van der Waals surface area (Å²) in [5.41, 5.74) is 5.13. The summed E-state index contributed by atoms with van der Waals surface area (Å²) in [6.07, 6.45) is 8.58. The molecule has 4 radical (unpaired) electrons. The average Bonchev–Trinajstić information content (AvgIpc) is 3.48. The Morgan fingerprint density at radius 3 is 2.32 bits per heavy atom. The molecule has 0 atom stereocenters. The van der Waals surface area contributed by atoms with E-state index in [1.165, 1.54) is 0 Å². The van der Waals surface area contributed by atoms with E-state index in [0.29, 0.717) is 22.7 Å². The second-order valence-electron chi connectivity index (χ2n) is 9.66. The van der Waals surface area contributed by atoms with Crippen molar-refractivity contribution >= 4 is 26.7 Å². The Morgan fingerprint density at radius 2 is 1.74 bits per heavy atom. The van der Waals surface area contributed by atoms with E-state index in [9.17, 15) is 8.78 Å². The van der Waals surface area contributed by atoms with Crippen LogP contribution in [0.15, 0.2) is 35.4 Å². The predicted octanol–water partition coefficient (Wildman–Crippen LogP) is 4.64. The lowest BCUT2D eigenvalue weighted by Gasteiger charge is -2.47. The number of fused-ring (bicyclic) bond motifs is 1. The molecule has 0 N–H and O–H groups in total. The van der Waals surface area contributed by atoms with E-state index in [1.54, 1.807) is 29.4 Å². The van der Waals surface area contributed by atoms with E-state index < -0.39 is 17.2 Å². The van der Waals surface area contributed by atoms with Crippen LogP contribution in [0.2, 0.25) is 0 Å². The maximum Gasteiger partial charge on any atom is 0.248 e. The normalized spacial score (nSPS) is 18.4. The second kappa shape index (κ2) is 7.23. The Labute approximate surface area is 198 Å². The van der Waals surface area contributed by atoms with Crippen molar-refractivity contribution in [3.8, 4) is 22.3 Å². The van der Waals surface area contributed by atoms with Crippen LogP contribution >= 0.6 is 0 Å². The summed E-state index contributed by atoms with van der Waals surface area (Å²) < 4.78 is 34.4. The van der Waals surface area contributed by atoms with Crippen LogP contribution in [-0.4, -0.2) is 46.3 Å². The summed E-state index contributed by atoms with van der Waals surface area (Å²) in [4.78, 5) is 13.8. The minimum atomic E-state index is -2.74. The molecule has 6 rings (SSSR count). The van der Waals surface area contributed by atoms with Gasteiger partial charge in [-0.15, -0.1) is 0 Å². The standard InChI is InChI=1S/C24H21B2F2N5O/c1-12-20(13(2)34-32-12)15-5-19-21(29-8-15)18(16-9-30-22(31-10-16)14-3-4-14)11-33(19)24(25,26)17-6-23(27,28)7-17/h5,8-11,14,17H,3-4,6-7H2,1-2H3. The molecule has 2 aliphatic carbocycles. The Morgan fingerprint density at radius 1 is 1.06 bits per heavy atom. The highest BCUT2D eigenvalue weighted by Crippen LogP contribution is 2.49. The summed E-state index contributed by atoms with van der Waals surface area (Å²) in [5, 5.41) is 2.51. The minimum Gasteiger partial charge on any atom is -0.361 e. The van der Waals surface area contributed by atoms with Gasteiger partial charge in [-0.1, -0.05) is 5.16 Å². The zero-order chi connectivity index (χ0) is 23.8. The molecule has 4 heterocycles. The fraction of sp³-hybridized carbons (Fsp3) is 0.417. The highest BCUT2D eigenvalue weighted by Gasteiger charge is 2.51. The SMILES string of the molecule is [B]C([B])(C1CC(F)(F)C1)n1cc(-c2cnc(C3CC3)nc2)c2ncc(-c3c(C)noc3C)cc21. The maximum absolute atomic E-state index is 13.7. The lowest BCUT2D eigenvalue weighted by molar-refractivity contribution is -0.120. The van der Waals surface area contributed by atoms with Crippen molar-refractivity contribution in [2.24, 2.45) is 5.92 Å². The zero-order valence-corrected chi connectivity index (χ0v) is 18.9. The van der Waals surface area contributed by atoms with Crippen molar-refractivity contribution in [2.45, 2.75) is 56.7 Å². The van der Waals surface area contributed by atoms with Crippen LogP contribution in [0.5, 0.6) is 0 Å².